The van der Waals surface area contributed by atoms with Crippen LogP contribution >= 0.6 is 23.2 Å². The number of fused-ring (bicyclic) bond motifs is 1. The highest BCUT2D eigenvalue weighted by molar-refractivity contribution is 6.39. The van der Waals surface area contributed by atoms with Gasteiger partial charge in [-0.2, -0.15) is 0 Å². The molecule has 0 aliphatic carbocycles. The molecule has 0 radical (unpaired) electrons. The van der Waals surface area contributed by atoms with Crippen LogP contribution in [-0.2, 0) is 4.79 Å². The van der Waals surface area contributed by atoms with Gasteiger partial charge in [0.15, 0.2) is 6.10 Å². The zero-order valence-corrected chi connectivity index (χ0v) is 18.9. The third-order valence-corrected chi connectivity index (χ3v) is 6.22. The SMILES string of the molecule is C[C@@H]1CCCN(C(=O)[C@@H](C)Oc2ccc3c(-c4c(Cl)cc(F)cc4Cl)ccnc3c2)C1. The lowest BCUT2D eigenvalue weighted by atomic mass is 10.00. The van der Waals surface area contributed by atoms with E-state index in [0.717, 1.165) is 36.9 Å². The Hall–Kier alpha value is -2.37. The molecule has 2 aromatic carbocycles. The molecule has 3 aromatic rings. The lowest BCUT2D eigenvalue weighted by Crippen LogP contribution is -2.45. The van der Waals surface area contributed by atoms with Gasteiger partial charge in [0.05, 0.1) is 15.6 Å². The number of likely N-dealkylation sites (tertiary alicyclic amines) is 1. The Morgan fingerprint density at radius 3 is 2.68 bits per heavy atom. The number of nitrogens with zero attached hydrogens (tertiary/aromatic N) is 2. The van der Waals surface area contributed by atoms with Gasteiger partial charge in [0.2, 0.25) is 0 Å². The van der Waals surface area contributed by atoms with Crippen molar-refractivity contribution in [3.63, 3.8) is 0 Å². The fourth-order valence-electron chi connectivity index (χ4n) is 4.12. The van der Waals surface area contributed by atoms with Gasteiger partial charge in [-0.15, -0.1) is 0 Å². The maximum absolute atomic E-state index is 13.6. The molecule has 0 bridgehead atoms. The van der Waals surface area contributed by atoms with E-state index < -0.39 is 11.9 Å². The number of piperidine rings is 1. The summed E-state index contributed by atoms with van der Waals surface area (Å²) in [7, 11) is 0. The summed E-state index contributed by atoms with van der Waals surface area (Å²) in [5.74, 6) is 0.574. The molecule has 2 heterocycles. The number of amides is 1. The van der Waals surface area contributed by atoms with Gasteiger partial charge < -0.3 is 9.64 Å². The second-order valence-corrected chi connectivity index (χ2v) is 8.89. The lowest BCUT2D eigenvalue weighted by Gasteiger charge is -2.32. The van der Waals surface area contributed by atoms with Crippen LogP contribution in [-0.4, -0.2) is 35.0 Å². The van der Waals surface area contributed by atoms with Crippen molar-refractivity contribution in [2.24, 2.45) is 5.92 Å². The van der Waals surface area contributed by atoms with Crippen molar-refractivity contribution in [3.8, 4) is 16.9 Å². The standard InChI is InChI=1S/C24H23Cl2FN2O2/c1-14-4-3-9-29(13-14)24(30)15(2)31-17-5-6-18-19(7-8-28-22(18)12-17)23-20(25)10-16(27)11-21(23)26/h5-8,10-12,14-15H,3-4,9,13H2,1-2H3/t14-,15-/m1/s1. The summed E-state index contributed by atoms with van der Waals surface area (Å²) in [5, 5.41) is 1.26. The Morgan fingerprint density at radius 2 is 1.97 bits per heavy atom. The molecule has 1 saturated heterocycles. The number of carbonyl (C=O) groups excluding carboxylic acids is 1. The van der Waals surface area contributed by atoms with Crippen molar-refractivity contribution in [1.82, 2.24) is 9.88 Å². The molecule has 0 saturated carbocycles. The van der Waals surface area contributed by atoms with E-state index in [1.165, 1.54) is 12.1 Å². The molecule has 0 unspecified atom stereocenters. The molecule has 0 spiro atoms. The highest BCUT2D eigenvalue weighted by atomic mass is 35.5. The Bertz CT molecular complexity index is 1110. The van der Waals surface area contributed by atoms with Crippen LogP contribution in [0.2, 0.25) is 10.0 Å². The second-order valence-electron chi connectivity index (χ2n) is 8.07. The maximum atomic E-state index is 13.6. The van der Waals surface area contributed by atoms with Gasteiger partial charge >= 0.3 is 0 Å². The summed E-state index contributed by atoms with van der Waals surface area (Å²) in [6, 6.07) is 9.69. The van der Waals surface area contributed by atoms with Crippen LogP contribution in [0.25, 0.3) is 22.0 Å². The van der Waals surface area contributed by atoms with Crippen LogP contribution in [0.4, 0.5) is 4.39 Å². The third kappa shape index (κ3) is 4.63. The quantitative estimate of drug-likeness (QED) is 0.453. The largest absolute Gasteiger partial charge is 0.481 e. The van der Waals surface area contributed by atoms with Crippen LogP contribution in [0.1, 0.15) is 26.7 Å². The normalized spacial score (nSPS) is 17.6. The van der Waals surface area contributed by atoms with E-state index in [1.807, 2.05) is 11.0 Å². The first-order valence-electron chi connectivity index (χ1n) is 10.3. The van der Waals surface area contributed by atoms with E-state index in [9.17, 15) is 9.18 Å². The molecule has 2 atom stereocenters. The average Bonchev–Trinajstić information content (AvgIpc) is 2.72. The van der Waals surface area contributed by atoms with Crippen molar-refractivity contribution in [1.29, 1.82) is 0 Å². The minimum atomic E-state index is -0.591. The van der Waals surface area contributed by atoms with Gasteiger partial charge in [0.25, 0.3) is 5.91 Å². The molecular formula is C24H23Cl2FN2O2. The van der Waals surface area contributed by atoms with Crippen molar-refractivity contribution in [2.75, 3.05) is 13.1 Å². The first-order valence-corrected chi connectivity index (χ1v) is 11.1. The van der Waals surface area contributed by atoms with Crippen molar-refractivity contribution >= 4 is 40.0 Å². The number of hydrogen-bond donors (Lipinski definition) is 0. The fraction of sp³-hybridized carbons (Fsp3) is 0.333. The smallest absolute Gasteiger partial charge is 0.263 e. The van der Waals surface area contributed by atoms with Crippen LogP contribution in [0, 0.1) is 11.7 Å². The minimum absolute atomic E-state index is 0.00164. The zero-order chi connectivity index (χ0) is 22.1. The molecule has 7 heteroatoms. The van der Waals surface area contributed by atoms with E-state index in [0.29, 0.717) is 22.7 Å². The predicted octanol–water partition coefficient (Wildman–Crippen LogP) is 6.37. The van der Waals surface area contributed by atoms with Crippen LogP contribution in [0.15, 0.2) is 42.6 Å². The zero-order valence-electron chi connectivity index (χ0n) is 17.4. The molecule has 1 aromatic heterocycles. The van der Waals surface area contributed by atoms with Gasteiger partial charge in [0.1, 0.15) is 11.6 Å². The molecule has 0 N–H and O–H groups in total. The molecule has 1 fully saturated rings. The van der Waals surface area contributed by atoms with Crippen molar-refractivity contribution in [3.05, 3.63) is 58.5 Å². The Kier molecular flexibility index (Phi) is 6.35. The fourth-order valence-corrected chi connectivity index (χ4v) is 4.78. The van der Waals surface area contributed by atoms with Gasteiger partial charge in [0, 0.05) is 36.3 Å². The Labute approximate surface area is 190 Å². The number of ether oxygens (including phenoxy) is 1. The number of aromatic nitrogens is 1. The Balaban J connectivity index is 1.60. The van der Waals surface area contributed by atoms with E-state index in [1.54, 1.807) is 31.3 Å². The third-order valence-electron chi connectivity index (χ3n) is 5.62. The molecule has 4 rings (SSSR count). The molecule has 1 aliphatic heterocycles. The molecule has 31 heavy (non-hydrogen) atoms. The summed E-state index contributed by atoms with van der Waals surface area (Å²) in [4.78, 5) is 19.1. The lowest BCUT2D eigenvalue weighted by molar-refractivity contribution is -0.139. The molecule has 1 aliphatic rings. The van der Waals surface area contributed by atoms with Crippen LogP contribution < -0.4 is 4.74 Å². The summed E-state index contributed by atoms with van der Waals surface area (Å²) in [5.41, 5.74) is 1.96. The number of hydrogen-bond acceptors (Lipinski definition) is 3. The molecule has 162 valence electrons. The highest BCUT2D eigenvalue weighted by Crippen LogP contribution is 2.39. The van der Waals surface area contributed by atoms with E-state index in [-0.39, 0.29) is 16.0 Å². The van der Waals surface area contributed by atoms with Gasteiger partial charge in [-0.05, 0) is 61.6 Å². The van der Waals surface area contributed by atoms with Gasteiger partial charge in [-0.3, -0.25) is 9.78 Å². The summed E-state index contributed by atoms with van der Waals surface area (Å²) >= 11 is 12.6. The van der Waals surface area contributed by atoms with Crippen molar-refractivity contribution < 1.29 is 13.9 Å². The van der Waals surface area contributed by atoms with E-state index >= 15 is 0 Å². The highest BCUT2D eigenvalue weighted by Gasteiger charge is 2.26. The van der Waals surface area contributed by atoms with Crippen LogP contribution in [0.5, 0.6) is 5.75 Å². The summed E-state index contributed by atoms with van der Waals surface area (Å²) < 4.78 is 19.6. The topological polar surface area (TPSA) is 42.4 Å². The maximum Gasteiger partial charge on any atom is 0.263 e. The predicted molar refractivity (Wildman–Crippen MR) is 122 cm³/mol. The van der Waals surface area contributed by atoms with Gasteiger partial charge in [-0.1, -0.05) is 30.1 Å². The minimum Gasteiger partial charge on any atom is -0.481 e. The number of carbonyl (C=O) groups is 1. The number of halogens is 3. The first-order chi connectivity index (χ1) is 14.8. The number of benzene rings is 2. The van der Waals surface area contributed by atoms with Crippen molar-refractivity contribution in [2.45, 2.75) is 32.8 Å². The Morgan fingerprint density at radius 1 is 1.23 bits per heavy atom. The summed E-state index contributed by atoms with van der Waals surface area (Å²) in [6.07, 6.45) is 3.23. The monoisotopic (exact) mass is 460 g/mol. The first kappa shape index (κ1) is 21.8. The summed E-state index contributed by atoms with van der Waals surface area (Å²) in [6.45, 7) is 5.48. The number of pyridine rings is 1. The molecular weight excluding hydrogens is 438 g/mol. The average molecular weight is 461 g/mol. The molecule has 1 amide bonds. The van der Waals surface area contributed by atoms with E-state index in [2.05, 4.69) is 11.9 Å². The second kappa shape index (κ2) is 9.01. The van der Waals surface area contributed by atoms with Gasteiger partial charge in [-0.25, -0.2) is 4.39 Å². The van der Waals surface area contributed by atoms with E-state index in [4.69, 9.17) is 27.9 Å². The number of rotatable bonds is 4. The van der Waals surface area contributed by atoms with Crippen LogP contribution in [0.3, 0.4) is 0 Å². The molecule has 4 nitrogen and oxygen atoms in total.